The van der Waals surface area contributed by atoms with Crippen molar-refractivity contribution in [1.82, 2.24) is 10.6 Å². The Bertz CT molecular complexity index is 355. The van der Waals surface area contributed by atoms with Gasteiger partial charge in [-0.3, -0.25) is 0 Å². The summed E-state index contributed by atoms with van der Waals surface area (Å²) in [4.78, 5) is 0. The fourth-order valence-corrected chi connectivity index (χ4v) is 1.73. The van der Waals surface area contributed by atoms with E-state index in [9.17, 15) is 13.2 Å². The Morgan fingerprint density at radius 3 is 2.29 bits per heavy atom. The molecular weight excluding hydrogens is 229 g/mol. The van der Waals surface area contributed by atoms with Gasteiger partial charge < -0.3 is 10.6 Å². The minimum Gasteiger partial charge on any atom is -0.316 e. The van der Waals surface area contributed by atoms with E-state index in [2.05, 4.69) is 10.6 Å². The Hall–Kier alpha value is -1.07. The molecule has 0 aliphatic carbocycles. The maximum atomic E-state index is 12.3. The van der Waals surface area contributed by atoms with Gasteiger partial charge in [0, 0.05) is 26.2 Å². The third-order valence-corrected chi connectivity index (χ3v) is 2.91. The maximum absolute atomic E-state index is 12.3. The lowest BCUT2D eigenvalue weighted by atomic mass is 10.0. The summed E-state index contributed by atoms with van der Waals surface area (Å²) in [6.45, 7) is 3.59. The lowest BCUT2D eigenvalue weighted by Crippen LogP contribution is -2.47. The molecule has 0 radical (unpaired) electrons. The average Bonchev–Trinajstić information content (AvgIpc) is 2.21. The van der Waals surface area contributed by atoms with E-state index in [4.69, 9.17) is 0 Å². The summed E-state index contributed by atoms with van der Waals surface area (Å²) in [5, 5.41) is 6.41. The minimum atomic E-state index is -4.25. The van der Waals surface area contributed by atoms with Gasteiger partial charge in [0.05, 0.1) is 5.56 Å². The van der Waals surface area contributed by atoms with Crippen molar-refractivity contribution in [3.8, 4) is 0 Å². The van der Waals surface area contributed by atoms with Gasteiger partial charge in [0.25, 0.3) is 0 Å². The van der Waals surface area contributed by atoms with Gasteiger partial charge in [-0.25, -0.2) is 0 Å². The van der Waals surface area contributed by atoms with Crippen molar-refractivity contribution in [1.29, 1.82) is 0 Å². The molecule has 1 aromatic rings. The zero-order chi connectivity index (χ0) is 12.3. The second kappa shape index (κ2) is 5.06. The van der Waals surface area contributed by atoms with Gasteiger partial charge in [-0.05, 0) is 23.6 Å². The maximum Gasteiger partial charge on any atom is 0.416 e. The van der Waals surface area contributed by atoms with E-state index in [0.717, 1.165) is 37.3 Å². The molecule has 1 aliphatic rings. The molecule has 0 saturated carbocycles. The molecule has 0 unspecified atom stereocenters. The standard InChI is InChI=1S/C12H15F3N2/c13-12(14,15)11-3-1-9(2-4-11)5-16-6-10-7-17-8-10/h1-4,10,16-17H,5-8H2. The fourth-order valence-electron chi connectivity index (χ4n) is 1.73. The SMILES string of the molecule is FC(F)(F)c1ccc(CNCC2CNC2)cc1. The van der Waals surface area contributed by atoms with Crippen LogP contribution in [0.1, 0.15) is 11.1 Å². The molecule has 0 atom stereocenters. The van der Waals surface area contributed by atoms with E-state index in [-0.39, 0.29) is 0 Å². The Labute approximate surface area is 98.2 Å². The highest BCUT2D eigenvalue weighted by Crippen LogP contribution is 2.28. The molecule has 0 spiro atoms. The first kappa shape index (κ1) is 12.4. The second-order valence-corrected chi connectivity index (χ2v) is 4.35. The summed E-state index contributed by atoms with van der Waals surface area (Å²) in [5.41, 5.74) is 0.287. The monoisotopic (exact) mass is 244 g/mol. The average molecular weight is 244 g/mol. The molecular formula is C12H15F3N2. The van der Waals surface area contributed by atoms with Crippen LogP contribution in [0.4, 0.5) is 13.2 Å². The summed E-state index contributed by atoms with van der Waals surface area (Å²) in [6, 6.07) is 5.30. The van der Waals surface area contributed by atoms with Gasteiger partial charge in [0.15, 0.2) is 0 Å². The van der Waals surface area contributed by atoms with E-state index in [1.807, 2.05) is 0 Å². The molecule has 1 aromatic carbocycles. The zero-order valence-corrected chi connectivity index (χ0v) is 9.35. The minimum absolute atomic E-state index is 0.593. The molecule has 2 N–H and O–H groups in total. The number of nitrogens with one attached hydrogen (secondary N) is 2. The third-order valence-electron chi connectivity index (χ3n) is 2.91. The number of halogens is 3. The quantitative estimate of drug-likeness (QED) is 0.846. The van der Waals surface area contributed by atoms with Gasteiger partial charge in [0.2, 0.25) is 0 Å². The van der Waals surface area contributed by atoms with E-state index in [1.54, 1.807) is 0 Å². The van der Waals surface area contributed by atoms with Crippen LogP contribution in [0.3, 0.4) is 0 Å². The molecule has 17 heavy (non-hydrogen) atoms. The molecule has 1 heterocycles. The van der Waals surface area contributed by atoms with Gasteiger partial charge in [-0.15, -0.1) is 0 Å². The predicted molar refractivity (Wildman–Crippen MR) is 59.5 cm³/mol. The van der Waals surface area contributed by atoms with Gasteiger partial charge in [-0.1, -0.05) is 12.1 Å². The van der Waals surface area contributed by atoms with Crippen LogP contribution in [0.25, 0.3) is 0 Å². The van der Waals surface area contributed by atoms with Crippen molar-refractivity contribution in [2.24, 2.45) is 5.92 Å². The van der Waals surface area contributed by atoms with Crippen molar-refractivity contribution < 1.29 is 13.2 Å². The number of rotatable bonds is 4. The highest BCUT2D eigenvalue weighted by atomic mass is 19.4. The molecule has 0 aromatic heterocycles. The van der Waals surface area contributed by atoms with Crippen LogP contribution in [-0.4, -0.2) is 19.6 Å². The summed E-state index contributed by atoms with van der Waals surface area (Å²) in [6.07, 6.45) is -4.25. The van der Waals surface area contributed by atoms with Crippen LogP contribution in [0.5, 0.6) is 0 Å². The summed E-state index contributed by atoms with van der Waals surface area (Å²) >= 11 is 0. The normalized spacial score (nSPS) is 16.9. The van der Waals surface area contributed by atoms with Crippen LogP contribution < -0.4 is 10.6 Å². The summed E-state index contributed by atoms with van der Waals surface area (Å²) in [7, 11) is 0. The Morgan fingerprint density at radius 1 is 1.18 bits per heavy atom. The van der Waals surface area contributed by atoms with Crippen LogP contribution in [0.2, 0.25) is 0 Å². The van der Waals surface area contributed by atoms with E-state index in [0.29, 0.717) is 12.5 Å². The Morgan fingerprint density at radius 2 is 1.82 bits per heavy atom. The summed E-state index contributed by atoms with van der Waals surface area (Å²) in [5.74, 6) is 0.657. The predicted octanol–water partition coefficient (Wildman–Crippen LogP) is 2.01. The number of hydrogen-bond donors (Lipinski definition) is 2. The van der Waals surface area contributed by atoms with Crippen LogP contribution in [-0.2, 0) is 12.7 Å². The lowest BCUT2D eigenvalue weighted by molar-refractivity contribution is -0.137. The van der Waals surface area contributed by atoms with Crippen LogP contribution in [0, 0.1) is 5.92 Å². The van der Waals surface area contributed by atoms with Gasteiger partial charge >= 0.3 is 6.18 Å². The van der Waals surface area contributed by atoms with Gasteiger partial charge in [-0.2, -0.15) is 13.2 Å². The molecule has 1 fully saturated rings. The highest BCUT2D eigenvalue weighted by Gasteiger charge is 2.29. The zero-order valence-electron chi connectivity index (χ0n) is 9.35. The molecule has 1 saturated heterocycles. The van der Waals surface area contributed by atoms with Crippen molar-refractivity contribution in [3.63, 3.8) is 0 Å². The van der Waals surface area contributed by atoms with Crippen molar-refractivity contribution >= 4 is 0 Å². The molecule has 0 amide bonds. The molecule has 1 aliphatic heterocycles. The Kier molecular flexibility index (Phi) is 3.69. The van der Waals surface area contributed by atoms with E-state index in [1.165, 1.54) is 12.1 Å². The van der Waals surface area contributed by atoms with Crippen LogP contribution >= 0.6 is 0 Å². The Balaban J connectivity index is 1.81. The van der Waals surface area contributed by atoms with Crippen molar-refractivity contribution in [2.75, 3.05) is 19.6 Å². The molecule has 2 nitrogen and oxygen atoms in total. The lowest BCUT2D eigenvalue weighted by Gasteiger charge is -2.27. The molecule has 0 bridgehead atoms. The first-order chi connectivity index (χ1) is 8.05. The number of hydrogen-bond acceptors (Lipinski definition) is 2. The third kappa shape index (κ3) is 3.44. The molecule has 94 valence electrons. The molecule has 5 heteroatoms. The fraction of sp³-hybridized carbons (Fsp3) is 0.500. The van der Waals surface area contributed by atoms with Crippen molar-refractivity contribution in [3.05, 3.63) is 35.4 Å². The number of alkyl halides is 3. The second-order valence-electron chi connectivity index (χ2n) is 4.35. The topological polar surface area (TPSA) is 24.1 Å². The van der Waals surface area contributed by atoms with Crippen molar-refractivity contribution in [2.45, 2.75) is 12.7 Å². The highest BCUT2D eigenvalue weighted by molar-refractivity contribution is 5.24. The van der Waals surface area contributed by atoms with E-state index < -0.39 is 11.7 Å². The smallest absolute Gasteiger partial charge is 0.316 e. The van der Waals surface area contributed by atoms with Gasteiger partial charge in [0.1, 0.15) is 0 Å². The molecule has 2 rings (SSSR count). The number of benzene rings is 1. The summed E-state index contributed by atoms with van der Waals surface area (Å²) < 4.78 is 36.9. The largest absolute Gasteiger partial charge is 0.416 e. The first-order valence-corrected chi connectivity index (χ1v) is 5.63. The van der Waals surface area contributed by atoms with Crippen LogP contribution in [0.15, 0.2) is 24.3 Å². The first-order valence-electron chi connectivity index (χ1n) is 5.63. The van der Waals surface area contributed by atoms with E-state index >= 15 is 0 Å².